The number of esters is 1. The molecular weight excluding hydrogens is 332 g/mol. The third kappa shape index (κ3) is 5.27. The summed E-state index contributed by atoms with van der Waals surface area (Å²) in [6.07, 6.45) is -1.15. The average molecular weight is 349 g/mol. The van der Waals surface area contributed by atoms with Gasteiger partial charge in [-0.1, -0.05) is 0 Å². The highest BCUT2D eigenvalue weighted by Crippen LogP contribution is 2.16. The number of amides is 1. The molecule has 0 spiro atoms. The van der Waals surface area contributed by atoms with E-state index in [1.54, 1.807) is 24.3 Å². The summed E-state index contributed by atoms with van der Waals surface area (Å²) in [7, 11) is 0. The van der Waals surface area contributed by atoms with Gasteiger partial charge in [-0.05, 0) is 50.2 Å². The number of anilines is 1. The van der Waals surface area contributed by atoms with Gasteiger partial charge in [0, 0.05) is 11.8 Å². The Morgan fingerprint density at radius 2 is 1.68 bits per heavy atom. The fourth-order valence-electron chi connectivity index (χ4n) is 2.00. The van der Waals surface area contributed by atoms with Crippen molar-refractivity contribution >= 4 is 17.6 Å². The number of carbonyl (C=O) groups is 2. The summed E-state index contributed by atoms with van der Waals surface area (Å²) < 4.78 is 36.5. The molecule has 0 saturated carbocycles. The number of hydrogen-bond acceptors (Lipinski definition) is 4. The van der Waals surface area contributed by atoms with Gasteiger partial charge in [0.25, 0.3) is 5.91 Å². The van der Waals surface area contributed by atoms with Crippen LogP contribution in [0.4, 0.5) is 14.5 Å². The normalized spacial score (nSPS) is 11.5. The lowest BCUT2D eigenvalue weighted by atomic mass is 10.2. The molecule has 0 aliphatic carbocycles. The topological polar surface area (TPSA) is 64.6 Å². The number of carbonyl (C=O) groups excluding carboxylic acids is 2. The van der Waals surface area contributed by atoms with Crippen molar-refractivity contribution in [2.75, 3.05) is 11.9 Å². The van der Waals surface area contributed by atoms with Crippen LogP contribution in [-0.4, -0.2) is 24.6 Å². The fraction of sp³-hybridized carbons (Fsp3) is 0.222. The number of halogens is 2. The van der Waals surface area contributed by atoms with Crippen molar-refractivity contribution < 1.29 is 27.8 Å². The number of rotatable bonds is 6. The van der Waals surface area contributed by atoms with Crippen molar-refractivity contribution in [1.82, 2.24) is 0 Å². The Labute approximate surface area is 143 Å². The standard InChI is InChI=1S/C18H17F2NO4/c1-3-24-16-6-4-15(5-7-16)21-17(22)11(2)25-18(23)12-8-13(19)10-14(20)9-12/h4-11H,3H2,1-2H3,(H,21,22)/t11-/m0/s1. The molecule has 0 radical (unpaired) electrons. The zero-order valence-corrected chi connectivity index (χ0v) is 13.7. The third-order valence-corrected chi connectivity index (χ3v) is 3.18. The first-order valence-corrected chi connectivity index (χ1v) is 7.60. The molecule has 1 atom stereocenters. The Morgan fingerprint density at radius 3 is 2.24 bits per heavy atom. The lowest BCUT2D eigenvalue weighted by Crippen LogP contribution is -2.30. The number of ether oxygens (including phenoxy) is 2. The van der Waals surface area contributed by atoms with E-state index in [4.69, 9.17) is 9.47 Å². The summed E-state index contributed by atoms with van der Waals surface area (Å²) in [4.78, 5) is 23.9. The largest absolute Gasteiger partial charge is 0.494 e. The highest BCUT2D eigenvalue weighted by molar-refractivity contribution is 5.97. The van der Waals surface area contributed by atoms with Gasteiger partial charge in [0.2, 0.25) is 0 Å². The first kappa shape index (κ1) is 18.4. The molecule has 2 aromatic carbocycles. The first-order chi connectivity index (χ1) is 11.9. The summed E-state index contributed by atoms with van der Waals surface area (Å²) >= 11 is 0. The molecule has 132 valence electrons. The van der Waals surface area contributed by atoms with Crippen LogP contribution in [0.2, 0.25) is 0 Å². The lowest BCUT2D eigenvalue weighted by molar-refractivity contribution is -0.123. The summed E-state index contributed by atoms with van der Waals surface area (Å²) in [6, 6.07) is 8.96. The maximum atomic E-state index is 13.1. The molecule has 2 rings (SSSR count). The van der Waals surface area contributed by atoms with Gasteiger partial charge in [-0.25, -0.2) is 13.6 Å². The van der Waals surface area contributed by atoms with Crippen molar-refractivity contribution in [3.63, 3.8) is 0 Å². The summed E-state index contributed by atoms with van der Waals surface area (Å²) in [5, 5.41) is 2.57. The van der Waals surface area contributed by atoms with Crippen molar-refractivity contribution in [1.29, 1.82) is 0 Å². The molecule has 25 heavy (non-hydrogen) atoms. The van der Waals surface area contributed by atoms with Gasteiger partial charge >= 0.3 is 5.97 Å². The van der Waals surface area contributed by atoms with E-state index in [1.807, 2.05) is 6.92 Å². The van der Waals surface area contributed by atoms with Crippen LogP contribution >= 0.6 is 0 Å². The van der Waals surface area contributed by atoms with E-state index in [1.165, 1.54) is 6.92 Å². The average Bonchev–Trinajstić information content (AvgIpc) is 2.55. The second-order valence-electron chi connectivity index (χ2n) is 5.15. The van der Waals surface area contributed by atoms with Crippen LogP contribution in [0.25, 0.3) is 0 Å². The van der Waals surface area contributed by atoms with Gasteiger partial charge in [-0.3, -0.25) is 4.79 Å². The predicted octanol–water partition coefficient (Wildman–Crippen LogP) is 3.55. The van der Waals surface area contributed by atoms with Crippen molar-refractivity contribution in [3.05, 3.63) is 59.7 Å². The second-order valence-corrected chi connectivity index (χ2v) is 5.15. The molecule has 0 saturated heterocycles. The van der Waals surface area contributed by atoms with Crippen LogP contribution in [0.5, 0.6) is 5.75 Å². The van der Waals surface area contributed by atoms with Gasteiger partial charge in [0.05, 0.1) is 12.2 Å². The first-order valence-electron chi connectivity index (χ1n) is 7.60. The molecule has 0 aromatic heterocycles. The molecule has 1 N–H and O–H groups in total. The van der Waals surface area contributed by atoms with Gasteiger partial charge < -0.3 is 14.8 Å². The summed E-state index contributed by atoms with van der Waals surface area (Å²) in [6.45, 7) is 3.74. The number of benzene rings is 2. The second kappa shape index (κ2) is 8.23. The Balaban J connectivity index is 1.96. The van der Waals surface area contributed by atoms with Crippen LogP contribution in [-0.2, 0) is 9.53 Å². The van der Waals surface area contributed by atoms with E-state index in [9.17, 15) is 18.4 Å². The van der Waals surface area contributed by atoms with E-state index >= 15 is 0 Å². The van der Waals surface area contributed by atoms with Gasteiger partial charge in [-0.2, -0.15) is 0 Å². The monoisotopic (exact) mass is 349 g/mol. The SMILES string of the molecule is CCOc1ccc(NC(=O)[C@H](C)OC(=O)c2cc(F)cc(F)c2)cc1. The maximum Gasteiger partial charge on any atom is 0.339 e. The Morgan fingerprint density at radius 1 is 1.08 bits per heavy atom. The molecule has 0 bridgehead atoms. The molecule has 0 heterocycles. The molecule has 2 aromatic rings. The van der Waals surface area contributed by atoms with Crippen LogP contribution < -0.4 is 10.1 Å². The Bertz CT molecular complexity index is 742. The zero-order chi connectivity index (χ0) is 18.4. The van der Waals surface area contributed by atoms with Gasteiger partial charge in [0.15, 0.2) is 6.10 Å². The highest BCUT2D eigenvalue weighted by Gasteiger charge is 2.20. The molecule has 7 heteroatoms. The Hall–Kier alpha value is -2.96. The third-order valence-electron chi connectivity index (χ3n) is 3.18. The zero-order valence-electron chi connectivity index (χ0n) is 13.7. The van der Waals surface area contributed by atoms with E-state index in [0.717, 1.165) is 12.1 Å². The van der Waals surface area contributed by atoms with Crippen molar-refractivity contribution in [3.8, 4) is 5.75 Å². The van der Waals surface area contributed by atoms with Crippen LogP contribution in [0.15, 0.2) is 42.5 Å². The van der Waals surface area contributed by atoms with E-state index in [2.05, 4.69) is 5.32 Å². The quantitative estimate of drug-likeness (QED) is 0.810. The molecule has 0 aliphatic heterocycles. The minimum absolute atomic E-state index is 0.307. The number of hydrogen-bond donors (Lipinski definition) is 1. The molecule has 0 fully saturated rings. The van der Waals surface area contributed by atoms with Crippen LogP contribution in [0.1, 0.15) is 24.2 Å². The van der Waals surface area contributed by atoms with Crippen LogP contribution in [0.3, 0.4) is 0 Å². The van der Waals surface area contributed by atoms with Gasteiger partial charge in [0.1, 0.15) is 17.4 Å². The van der Waals surface area contributed by atoms with E-state index < -0.39 is 29.6 Å². The van der Waals surface area contributed by atoms with Gasteiger partial charge in [-0.15, -0.1) is 0 Å². The molecule has 1 amide bonds. The smallest absolute Gasteiger partial charge is 0.339 e. The minimum Gasteiger partial charge on any atom is -0.494 e. The van der Waals surface area contributed by atoms with Crippen LogP contribution in [0, 0.1) is 11.6 Å². The lowest BCUT2D eigenvalue weighted by Gasteiger charge is -2.14. The number of nitrogens with one attached hydrogen (secondary N) is 1. The highest BCUT2D eigenvalue weighted by atomic mass is 19.1. The predicted molar refractivity (Wildman–Crippen MR) is 87.5 cm³/mol. The molecule has 5 nitrogen and oxygen atoms in total. The minimum atomic E-state index is -1.15. The van der Waals surface area contributed by atoms with E-state index in [-0.39, 0.29) is 5.56 Å². The molecular formula is C18H17F2NO4. The fourth-order valence-corrected chi connectivity index (χ4v) is 2.00. The summed E-state index contributed by atoms with van der Waals surface area (Å²) in [5.74, 6) is -2.72. The van der Waals surface area contributed by atoms with Crippen molar-refractivity contribution in [2.24, 2.45) is 0 Å². The maximum absolute atomic E-state index is 13.1. The Kier molecular flexibility index (Phi) is 6.05. The molecule has 0 aliphatic rings. The van der Waals surface area contributed by atoms with E-state index in [0.29, 0.717) is 24.1 Å². The summed E-state index contributed by atoms with van der Waals surface area (Å²) in [5.41, 5.74) is 0.186. The molecule has 0 unspecified atom stereocenters. The van der Waals surface area contributed by atoms with Crippen molar-refractivity contribution in [2.45, 2.75) is 20.0 Å².